The molecule has 0 aliphatic carbocycles. The molecule has 0 N–H and O–H groups in total. The Labute approximate surface area is 242 Å². The molecule has 0 aromatic rings. The number of rotatable bonds is 6. The number of hydrogen-bond acceptors (Lipinski definition) is 4. The van der Waals surface area contributed by atoms with Crippen LogP contribution >= 0.6 is 0 Å². The molecule has 0 radical (unpaired) electrons. The number of halogens is 14. The third kappa shape index (κ3) is 9.93. The van der Waals surface area contributed by atoms with Crippen LogP contribution in [0.25, 0.3) is 0 Å². The summed E-state index contributed by atoms with van der Waals surface area (Å²) < 4.78 is 172. The Hall–Kier alpha value is -1.30. The van der Waals surface area contributed by atoms with E-state index in [-0.39, 0.29) is 37.7 Å². The van der Waals surface area contributed by atoms with Crippen LogP contribution in [0, 0.1) is 10.8 Å². The molecular weight excluding hydrogens is 610 g/mol. The van der Waals surface area contributed by atoms with Crippen molar-refractivity contribution >= 4 is 49.3 Å². The Bertz CT molecular complexity index is 858. The molecule has 0 amide bonds. The smallest absolute Gasteiger partial charge is 0.875 e. The molecule has 0 aliphatic heterocycles. The molecule has 0 heterocycles. The standard InChI is InChI=1S/2C10H11F7O2.Ca/c2*1-7(2,3)5(18)4-6(19)8(11,12)9(13,14)10(15,16)17;/h2*4,18H,1-3H3;/q;;+2/p-2/b5-4+;5-4-;. The van der Waals surface area contributed by atoms with Crippen LogP contribution < -0.4 is 10.2 Å². The molecule has 39 heavy (non-hydrogen) atoms. The van der Waals surface area contributed by atoms with Crippen molar-refractivity contribution < 1.29 is 81.3 Å². The average Bonchev–Trinajstić information content (AvgIpc) is 2.64. The molecule has 0 bridgehead atoms. The maximum atomic E-state index is 12.8. The monoisotopic (exact) mass is 630 g/mol. The molecule has 0 aromatic heterocycles. The Morgan fingerprint density at radius 2 is 0.667 bits per heavy atom. The summed E-state index contributed by atoms with van der Waals surface area (Å²) in [5.41, 5.74) is -2.72. The van der Waals surface area contributed by atoms with Crippen molar-refractivity contribution in [2.24, 2.45) is 10.8 Å². The third-order valence-electron chi connectivity index (χ3n) is 4.12. The van der Waals surface area contributed by atoms with E-state index in [1.165, 1.54) is 41.5 Å². The van der Waals surface area contributed by atoms with Crippen molar-refractivity contribution in [1.82, 2.24) is 0 Å². The van der Waals surface area contributed by atoms with Gasteiger partial charge < -0.3 is 10.2 Å². The fourth-order valence-corrected chi connectivity index (χ4v) is 1.52. The summed E-state index contributed by atoms with van der Waals surface area (Å²) in [7, 11) is 0. The summed E-state index contributed by atoms with van der Waals surface area (Å²) in [5, 5.41) is 22.3. The largest absolute Gasteiger partial charge is 2.00 e. The van der Waals surface area contributed by atoms with Crippen molar-refractivity contribution in [1.29, 1.82) is 0 Å². The van der Waals surface area contributed by atoms with Gasteiger partial charge in [0, 0.05) is 0 Å². The van der Waals surface area contributed by atoms with Gasteiger partial charge in [0.05, 0.1) is 0 Å². The SMILES string of the molecule is CC(C)(C)/C([O-])=C/C(=O)C(F)(F)C(F)(F)C(F)(F)F.CC(C)(C)/C([O-])=C\C(=O)C(F)(F)C(F)(F)C(F)(F)F.[Ca+2]. The van der Waals surface area contributed by atoms with E-state index in [2.05, 4.69) is 0 Å². The van der Waals surface area contributed by atoms with Gasteiger partial charge >= 0.3 is 73.8 Å². The van der Waals surface area contributed by atoms with Crippen LogP contribution in [0.4, 0.5) is 61.5 Å². The van der Waals surface area contributed by atoms with Crippen LogP contribution in [0.1, 0.15) is 41.5 Å². The van der Waals surface area contributed by atoms with E-state index in [0.29, 0.717) is 0 Å². The first-order valence-corrected chi connectivity index (χ1v) is 9.62. The summed E-state index contributed by atoms with van der Waals surface area (Å²) in [4.78, 5) is 21.6. The molecule has 19 heteroatoms. The molecular formula is C20H20CaF14O4. The van der Waals surface area contributed by atoms with Crippen LogP contribution in [0.2, 0.25) is 0 Å². The molecule has 0 spiro atoms. The third-order valence-corrected chi connectivity index (χ3v) is 4.12. The van der Waals surface area contributed by atoms with Crippen molar-refractivity contribution in [3.8, 4) is 0 Å². The van der Waals surface area contributed by atoms with Crippen LogP contribution in [0.5, 0.6) is 0 Å². The first-order valence-electron chi connectivity index (χ1n) is 9.62. The second-order valence-corrected chi connectivity index (χ2v) is 9.54. The van der Waals surface area contributed by atoms with Crippen LogP contribution in [0.3, 0.4) is 0 Å². The normalized spacial score (nSPS) is 15.2. The van der Waals surface area contributed by atoms with Gasteiger partial charge in [0.2, 0.25) is 11.6 Å². The second-order valence-electron chi connectivity index (χ2n) is 9.54. The summed E-state index contributed by atoms with van der Waals surface area (Å²) in [6, 6.07) is 0. The van der Waals surface area contributed by atoms with Crippen molar-refractivity contribution in [3.05, 3.63) is 23.7 Å². The summed E-state index contributed by atoms with van der Waals surface area (Å²) in [5.74, 6) is -33.5. The molecule has 0 aromatic carbocycles. The van der Waals surface area contributed by atoms with Gasteiger partial charge in [-0.2, -0.15) is 61.5 Å². The van der Waals surface area contributed by atoms with Gasteiger partial charge in [-0.1, -0.05) is 41.5 Å². The summed E-state index contributed by atoms with van der Waals surface area (Å²) in [6.45, 7) is 7.08. The molecule has 0 rings (SSSR count). The minimum Gasteiger partial charge on any atom is -0.875 e. The fraction of sp³-hybridized carbons (Fsp3) is 0.700. The van der Waals surface area contributed by atoms with E-state index in [9.17, 15) is 81.3 Å². The molecule has 0 aliphatic rings. The number of allylic oxidation sites excluding steroid dienone is 4. The maximum Gasteiger partial charge on any atom is 2.00 e. The Kier molecular flexibility index (Phi) is 13.7. The first-order chi connectivity index (χ1) is 16.1. The number of carbonyl (C=O) groups excluding carboxylic acids is 2. The van der Waals surface area contributed by atoms with Gasteiger partial charge in [0.1, 0.15) is 0 Å². The van der Waals surface area contributed by atoms with E-state index in [0.717, 1.165) is 0 Å². The average molecular weight is 630 g/mol. The van der Waals surface area contributed by atoms with E-state index in [1.807, 2.05) is 0 Å². The van der Waals surface area contributed by atoms with Gasteiger partial charge in [-0.3, -0.25) is 9.59 Å². The number of carbonyl (C=O) groups is 2. The van der Waals surface area contributed by atoms with Crippen LogP contribution in [-0.4, -0.2) is 85.3 Å². The molecule has 0 unspecified atom stereocenters. The van der Waals surface area contributed by atoms with Crippen molar-refractivity contribution in [2.45, 2.75) is 77.6 Å². The van der Waals surface area contributed by atoms with E-state index < -0.39 is 82.1 Å². The summed E-state index contributed by atoms with van der Waals surface area (Å²) in [6.07, 6.45) is -14.1. The van der Waals surface area contributed by atoms with E-state index in [4.69, 9.17) is 0 Å². The predicted molar refractivity (Wildman–Crippen MR) is 103 cm³/mol. The van der Waals surface area contributed by atoms with Crippen molar-refractivity contribution in [2.75, 3.05) is 0 Å². The number of alkyl halides is 14. The molecule has 224 valence electrons. The maximum absolute atomic E-state index is 12.8. The quantitative estimate of drug-likeness (QED) is 0.180. The van der Waals surface area contributed by atoms with E-state index >= 15 is 0 Å². The van der Waals surface area contributed by atoms with Gasteiger partial charge in [0.25, 0.3) is 0 Å². The Morgan fingerprint density at radius 1 is 0.487 bits per heavy atom. The second kappa shape index (κ2) is 12.7. The molecule has 4 nitrogen and oxygen atoms in total. The zero-order valence-electron chi connectivity index (χ0n) is 20.8. The zero-order valence-corrected chi connectivity index (χ0v) is 23.0. The molecule has 0 fully saturated rings. The topological polar surface area (TPSA) is 80.3 Å². The first kappa shape index (κ1) is 42.2. The van der Waals surface area contributed by atoms with E-state index in [1.54, 1.807) is 0 Å². The Morgan fingerprint density at radius 3 is 0.795 bits per heavy atom. The zero-order chi connectivity index (χ0) is 31.7. The van der Waals surface area contributed by atoms with Gasteiger partial charge in [-0.15, -0.1) is 11.5 Å². The number of ketones is 2. The van der Waals surface area contributed by atoms with Gasteiger partial charge in [-0.05, 0) is 23.0 Å². The number of hydrogen-bond donors (Lipinski definition) is 0. The summed E-state index contributed by atoms with van der Waals surface area (Å²) >= 11 is 0. The van der Waals surface area contributed by atoms with Crippen LogP contribution in [-0.2, 0) is 9.59 Å². The molecule has 0 atom stereocenters. The van der Waals surface area contributed by atoms with Crippen molar-refractivity contribution in [3.63, 3.8) is 0 Å². The Balaban J connectivity index is -0.000000648. The van der Waals surface area contributed by atoms with Gasteiger partial charge in [0.15, 0.2) is 0 Å². The molecule has 0 saturated carbocycles. The predicted octanol–water partition coefficient (Wildman–Crippen LogP) is 4.98. The molecule has 0 saturated heterocycles. The minimum atomic E-state index is -6.61. The van der Waals surface area contributed by atoms with Gasteiger partial charge in [-0.25, -0.2) is 0 Å². The fourth-order valence-electron chi connectivity index (χ4n) is 1.52. The minimum absolute atomic E-state index is 0. The van der Waals surface area contributed by atoms with Crippen LogP contribution in [0.15, 0.2) is 23.7 Å².